The number of thioether (sulfide) groups is 1. The zero-order valence-corrected chi connectivity index (χ0v) is 23.3. The zero-order chi connectivity index (χ0) is 27.1. The number of aromatic nitrogens is 3. The molecule has 196 valence electrons. The van der Waals surface area contributed by atoms with E-state index < -0.39 is 5.97 Å². The molecule has 0 aliphatic heterocycles. The van der Waals surface area contributed by atoms with Crippen LogP contribution in [-0.4, -0.2) is 39.5 Å². The number of hydrogen-bond donors (Lipinski definition) is 1. The van der Waals surface area contributed by atoms with Gasteiger partial charge in [0.15, 0.2) is 5.16 Å². The second-order valence-electron chi connectivity index (χ2n) is 8.78. The number of anilines is 1. The number of nitrogens with zero attached hydrogens (tertiary/aromatic N) is 3. The fourth-order valence-corrected chi connectivity index (χ4v) is 5.83. The molecule has 1 N–H and O–H groups in total. The van der Waals surface area contributed by atoms with E-state index in [4.69, 9.17) is 4.74 Å². The number of benzene rings is 2. The van der Waals surface area contributed by atoms with Gasteiger partial charge in [0, 0.05) is 23.9 Å². The fraction of sp³-hybridized carbons (Fsp3) is 0.241. The van der Waals surface area contributed by atoms with Crippen molar-refractivity contribution in [2.75, 3.05) is 18.2 Å². The van der Waals surface area contributed by atoms with Gasteiger partial charge in [-0.2, -0.15) is 0 Å². The maximum Gasteiger partial charge on any atom is 0.341 e. The van der Waals surface area contributed by atoms with Gasteiger partial charge in [0.25, 0.3) is 0 Å². The van der Waals surface area contributed by atoms with Crippen LogP contribution in [0.25, 0.3) is 11.1 Å². The third-order valence-electron chi connectivity index (χ3n) is 6.03. The summed E-state index contributed by atoms with van der Waals surface area (Å²) in [6.07, 6.45) is 3.37. The molecule has 0 fully saturated rings. The quantitative estimate of drug-likeness (QED) is 0.139. The topological polar surface area (TPSA) is 86.1 Å². The first kappa shape index (κ1) is 27.3. The number of nitrogens with one attached hydrogen (secondary N) is 1. The number of rotatable bonds is 11. The van der Waals surface area contributed by atoms with E-state index in [1.807, 2.05) is 60.2 Å². The molecule has 7 nitrogen and oxygen atoms in total. The molecule has 2 heterocycles. The first-order valence-electron chi connectivity index (χ1n) is 12.2. The van der Waals surface area contributed by atoms with Gasteiger partial charge >= 0.3 is 5.97 Å². The summed E-state index contributed by atoms with van der Waals surface area (Å²) >= 11 is 2.61. The molecule has 38 heavy (non-hydrogen) atoms. The van der Waals surface area contributed by atoms with E-state index in [0.717, 1.165) is 40.9 Å². The third-order valence-corrected chi connectivity index (χ3v) is 7.90. The maximum absolute atomic E-state index is 12.9. The summed E-state index contributed by atoms with van der Waals surface area (Å²) in [5, 5.41) is 14.6. The smallest absolute Gasteiger partial charge is 0.341 e. The maximum atomic E-state index is 12.9. The molecule has 0 unspecified atom stereocenters. The van der Waals surface area contributed by atoms with Gasteiger partial charge in [0.2, 0.25) is 5.91 Å². The van der Waals surface area contributed by atoms with Gasteiger partial charge in [0.1, 0.15) is 16.4 Å². The van der Waals surface area contributed by atoms with Crippen molar-refractivity contribution in [1.82, 2.24) is 14.8 Å². The third kappa shape index (κ3) is 6.41. The normalized spacial score (nSPS) is 10.8. The number of ether oxygens (including phenoxy) is 1. The van der Waals surface area contributed by atoms with Gasteiger partial charge in [-0.25, -0.2) is 4.79 Å². The van der Waals surface area contributed by atoms with Crippen molar-refractivity contribution in [3.63, 3.8) is 0 Å². The van der Waals surface area contributed by atoms with Gasteiger partial charge in [-0.1, -0.05) is 71.9 Å². The molecule has 0 radical (unpaired) electrons. The average Bonchev–Trinajstić information content (AvgIpc) is 3.51. The highest BCUT2D eigenvalue weighted by Crippen LogP contribution is 2.38. The molecule has 2 aromatic heterocycles. The molecule has 2 aromatic carbocycles. The second-order valence-corrected chi connectivity index (χ2v) is 10.6. The molecule has 1 amide bonds. The summed E-state index contributed by atoms with van der Waals surface area (Å²) in [4.78, 5) is 25.7. The van der Waals surface area contributed by atoms with Crippen LogP contribution in [0.3, 0.4) is 0 Å². The lowest BCUT2D eigenvalue weighted by Crippen LogP contribution is -2.16. The SMILES string of the molecule is C=CCn1c(CCc2ccccc2)nnc1SCC(=O)Nc1scc(-c2cc(C)ccc2C)c1C(=O)OC. The Morgan fingerprint density at radius 3 is 2.63 bits per heavy atom. The molecule has 0 atom stereocenters. The fourth-order valence-electron chi connectivity index (χ4n) is 4.10. The van der Waals surface area contributed by atoms with E-state index in [1.165, 1.54) is 35.8 Å². The number of methoxy groups -OCH3 is 1. The lowest BCUT2D eigenvalue weighted by Gasteiger charge is -2.10. The minimum Gasteiger partial charge on any atom is -0.465 e. The van der Waals surface area contributed by atoms with Crippen molar-refractivity contribution in [3.8, 4) is 11.1 Å². The monoisotopic (exact) mass is 546 g/mol. The van der Waals surface area contributed by atoms with Gasteiger partial charge in [-0.05, 0) is 37.0 Å². The standard InChI is InChI=1S/C29H30N4O3S2/c1-5-15-33-24(14-13-21-9-7-6-8-10-21)31-32-29(33)38-18-25(34)30-27-26(28(35)36-4)23(17-37-27)22-16-19(2)11-12-20(22)3/h5-12,16-17H,1,13-15,18H2,2-4H3,(H,30,34). The number of carbonyl (C=O) groups is 2. The highest BCUT2D eigenvalue weighted by atomic mass is 32.2. The minimum atomic E-state index is -0.487. The molecular formula is C29H30N4O3S2. The largest absolute Gasteiger partial charge is 0.465 e. The molecule has 0 spiro atoms. The number of esters is 1. The zero-order valence-electron chi connectivity index (χ0n) is 21.7. The van der Waals surface area contributed by atoms with E-state index >= 15 is 0 Å². The Morgan fingerprint density at radius 2 is 1.89 bits per heavy atom. The molecule has 0 saturated heterocycles. The van der Waals surface area contributed by atoms with Gasteiger partial charge in [-0.15, -0.1) is 28.1 Å². The predicted octanol–water partition coefficient (Wildman–Crippen LogP) is 6.11. The highest BCUT2D eigenvalue weighted by molar-refractivity contribution is 7.99. The van der Waals surface area contributed by atoms with Crippen molar-refractivity contribution in [1.29, 1.82) is 0 Å². The van der Waals surface area contributed by atoms with Crippen LogP contribution >= 0.6 is 23.1 Å². The van der Waals surface area contributed by atoms with E-state index in [1.54, 1.807) is 6.08 Å². The Balaban J connectivity index is 1.47. The number of allylic oxidation sites excluding steroid dienone is 1. The number of hydrogen-bond acceptors (Lipinski definition) is 7. The molecule has 0 aliphatic rings. The van der Waals surface area contributed by atoms with E-state index in [9.17, 15) is 9.59 Å². The Kier molecular flexibility index (Phi) is 9.15. The van der Waals surface area contributed by atoms with Crippen LogP contribution in [0.15, 0.2) is 71.7 Å². The summed E-state index contributed by atoms with van der Waals surface area (Å²) in [7, 11) is 1.34. The molecular weight excluding hydrogens is 516 g/mol. The van der Waals surface area contributed by atoms with Gasteiger partial charge in [0.05, 0.1) is 12.9 Å². The first-order valence-corrected chi connectivity index (χ1v) is 14.0. The second kappa shape index (κ2) is 12.7. The molecule has 0 bridgehead atoms. The van der Waals surface area contributed by atoms with Crippen molar-refractivity contribution < 1.29 is 14.3 Å². The van der Waals surface area contributed by atoms with Crippen LogP contribution in [-0.2, 0) is 28.9 Å². The summed E-state index contributed by atoms with van der Waals surface area (Å²) in [5.41, 5.74) is 5.41. The predicted molar refractivity (Wildman–Crippen MR) is 154 cm³/mol. The first-order chi connectivity index (χ1) is 18.4. The summed E-state index contributed by atoms with van der Waals surface area (Å²) in [6.45, 7) is 8.41. The Labute approximate surface area is 231 Å². The number of amides is 1. The lowest BCUT2D eigenvalue weighted by molar-refractivity contribution is -0.113. The molecule has 9 heteroatoms. The van der Waals surface area contributed by atoms with Crippen LogP contribution in [0.4, 0.5) is 5.00 Å². The van der Waals surface area contributed by atoms with Crippen molar-refractivity contribution in [3.05, 3.63) is 94.6 Å². The van der Waals surface area contributed by atoms with Gasteiger partial charge in [-0.3, -0.25) is 4.79 Å². The number of aryl methyl sites for hydroxylation is 4. The Morgan fingerprint density at radius 1 is 1.11 bits per heavy atom. The number of carbonyl (C=O) groups excluding carboxylic acids is 2. The summed E-state index contributed by atoms with van der Waals surface area (Å²) in [6, 6.07) is 16.3. The number of thiophene rings is 1. The van der Waals surface area contributed by atoms with Crippen LogP contribution < -0.4 is 5.32 Å². The highest BCUT2D eigenvalue weighted by Gasteiger charge is 2.23. The van der Waals surface area contributed by atoms with Crippen LogP contribution in [0.1, 0.15) is 32.9 Å². The summed E-state index contributed by atoms with van der Waals surface area (Å²) in [5.74, 6) is 0.235. The van der Waals surface area contributed by atoms with Gasteiger partial charge < -0.3 is 14.6 Å². The van der Waals surface area contributed by atoms with Crippen molar-refractivity contribution in [2.45, 2.75) is 38.4 Å². The lowest BCUT2D eigenvalue weighted by atomic mass is 9.97. The van der Waals surface area contributed by atoms with Crippen LogP contribution in [0.5, 0.6) is 0 Å². The summed E-state index contributed by atoms with van der Waals surface area (Å²) < 4.78 is 7.04. The van der Waals surface area contributed by atoms with Crippen molar-refractivity contribution >= 4 is 40.0 Å². The van der Waals surface area contributed by atoms with E-state index in [2.05, 4.69) is 34.2 Å². The Bertz CT molecular complexity index is 1440. The van der Waals surface area contributed by atoms with Crippen molar-refractivity contribution in [2.24, 2.45) is 0 Å². The molecule has 0 aliphatic carbocycles. The van der Waals surface area contributed by atoms with Crippen LogP contribution in [0.2, 0.25) is 0 Å². The molecule has 0 saturated carbocycles. The van der Waals surface area contributed by atoms with E-state index in [0.29, 0.717) is 22.3 Å². The molecule has 4 aromatic rings. The van der Waals surface area contributed by atoms with E-state index in [-0.39, 0.29) is 11.7 Å². The minimum absolute atomic E-state index is 0.116. The van der Waals surface area contributed by atoms with Crippen LogP contribution in [0, 0.1) is 13.8 Å². The Hall–Kier alpha value is -3.69. The molecule has 4 rings (SSSR count). The average molecular weight is 547 g/mol.